The first kappa shape index (κ1) is 16.2. The molecule has 1 aliphatic rings. The fourth-order valence-electron chi connectivity index (χ4n) is 2.61. The number of halogens is 1. The fraction of sp³-hybridized carbons (Fsp3) is 0.647. The van der Waals surface area contributed by atoms with Gasteiger partial charge in [0.25, 0.3) is 0 Å². The standard InChI is InChI=1S/C17H27FN2O/c1-14(2)19-13-15-10-16(18)12-17(11-15)21-9-5-8-20-6-3-4-7-20/h10-12,14,19H,3-9,13H2,1-2H3. The molecule has 1 aromatic rings. The molecule has 1 heterocycles. The van der Waals surface area contributed by atoms with Crippen molar-refractivity contribution in [2.45, 2.75) is 45.7 Å². The highest BCUT2D eigenvalue weighted by Gasteiger charge is 2.10. The second-order valence-electron chi connectivity index (χ2n) is 6.08. The van der Waals surface area contributed by atoms with E-state index < -0.39 is 0 Å². The molecule has 0 radical (unpaired) electrons. The number of nitrogens with zero attached hydrogens (tertiary/aromatic N) is 1. The number of ether oxygens (including phenoxy) is 1. The molecule has 0 unspecified atom stereocenters. The SMILES string of the molecule is CC(C)NCc1cc(F)cc(OCCCN2CCCC2)c1. The molecule has 0 amide bonds. The van der Waals surface area contributed by atoms with Crippen molar-refractivity contribution in [2.24, 2.45) is 0 Å². The Balaban J connectivity index is 1.76. The van der Waals surface area contributed by atoms with Gasteiger partial charge in [0, 0.05) is 25.2 Å². The highest BCUT2D eigenvalue weighted by Crippen LogP contribution is 2.17. The highest BCUT2D eigenvalue weighted by atomic mass is 19.1. The van der Waals surface area contributed by atoms with E-state index in [-0.39, 0.29) is 5.82 Å². The van der Waals surface area contributed by atoms with Crippen LogP contribution in [-0.4, -0.2) is 37.2 Å². The zero-order chi connectivity index (χ0) is 15.1. The summed E-state index contributed by atoms with van der Waals surface area (Å²) in [5, 5.41) is 3.29. The maximum atomic E-state index is 13.6. The zero-order valence-corrected chi connectivity index (χ0v) is 13.2. The van der Waals surface area contributed by atoms with E-state index in [1.54, 1.807) is 6.07 Å². The van der Waals surface area contributed by atoms with Gasteiger partial charge in [-0.3, -0.25) is 0 Å². The number of rotatable bonds is 8. The summed E-state index contributed by atoms with van der Waals surface area (Å²) in [6, 6.07) is 5.34. The van der Waals surface area contributed by atoms with Crippen molar-refractivity contribution < 1.29 is 9.13 Å². The Labute approximate surface area is 127 Å². The Hall–Kier alpha value is -1.13. The van der Waals surface area contributed by atoms with Crippen LogP contribution in [0.5, 0.6) is 5.75 Å². The molecule has 2 rings (SSSR count). The Bertz CT molecular complexity index is 431. The van der Waals surface area contributed by atoms with Crippen LogP contribution in [0.3, 0.4) is 0 Å². The molecule has 1 aromatic carbocycles. The van der Waals surface area contributed by atoms with E-state index in [2.05, 4.69) is 24.1 Å². The summed E-state index contributed by atoms with van der Waals surface area (Å²) in [6.45, 7) is 8.98. The van der Waals surface area contributed by atoms with Gasteiger partial charge in [0.1, 0.15) is 11.6 Å². The molecular weight excluding hydrogens is 267 g/mol. The lowest BCUT2D eigenvalue weighted by Crippen LogP contribution is -2.22. The van der Waals surface area contributed by atoms with Gasteiger partial charge in [-0.2, -0.15) is 0 Å². The van der Waals surface area contributed by atoms with Crippen LogP contribution in [0.1, 0.15) is 38.7 Å². The smallest absolute Gasteiger partial charge is 0.127 e. The molecule has 3 nitrogen and oxygen atoms in total. The van der Waals surface area contributed by atoms with Crippen LogP contribution in [0.4, 0.5) is 4.39 Å². The van der Waals surface area contributed by atoms with E-state index in [1.165, 1.54) is 32.0 Å². The Morgan fingerprint density at radius 1 is 1.24 bits per heavy atom. The van der Waals surface area contributed by atoms with Crippen LogP contribution in [0.15, 0.2) is 18.2 Å². The summed E-state index contributed by atoms with van der Waals surface area (Å²) in [5.41, 5.74) is 0.929. The number of likely N-dealkylation sites (tertiary alicyclic amines) is 1. The molecule has 0 bridgehead atoms. The lowest BCUT2D eigenvalue weighted by Gasteiger charge is -2.15. The van der Waals surface area contributed by atoms with Crippen LogP contribution < -0.4 is 10.1 Å². The van der Waals surface area contributed by atoms with E-state index in [0.717, 1.165) is 18.5 Å². The first-order valence-electron chi connectivity index (χ1n) is 8.01. The van der Waals surface area contributed by atoms with Crippen molar-refractivity contribution in [2.75, 3.05) is 26.2 Å². The molecule has 118 valence electrons. The molecule has 0 atom stereocenters. The molecule has 21 heavy (non-hydrogen) atoms. The van der Waals surface area contributed by atoms with Crippen LogP contribution in [-0.2, 0) is 6.54 Å². The van der Waals surface area contributed by atoms with Crippen LogP contribution in [0, 0.1) is 5.82 Å². The fourth-order valence-corrected chi connectivity index (χ4v) is 2.61. The Kier molecular flexibility index (Phi) is 6.46. The van der Waals surface area contributed by atoms with E-state index in [4.69, 9.17) is 4.74 Å². The quantitative estimate of drug-likeness (QED) is 0.745. The highest BCUT2D eigenvalue weighted by molar-refractivity contribution is 5.29. The monoisotopic (exact) mass is 294 g/mol. The van der Waals surface area contributed by atoms with Gasteiger partial charge in [0.05, 0.1) is 6.61 Å². The van der Waals surface area contributed by atoms with E-state index in [1.807, 2.05) is 6.07 Å². The third-order valence-electron chi connectivity index (χ3n) is 3.73. The molecule has 1 aliphatic heterocycles. The molecule has 4 heteroatoms. The molecule has 0 aromatic heterocycles. The van der Waals surface area contributed by atoms with E-state index >= 15 is 0 Å². The molecule has 1 fully saturated rings. The Morgan fingerprint density at radius 3 is 2.71 bits per heavy atom. The topological polar surface area (TPSA) is 24.5 Å². The molecule has 1 N–H and O–H groups in total. The predicted molar refractivity (Wildman–Crippen MR) is 84.2 cm³/mol. The van der Waals surface area contributed by atoms with Crippen molar-refractivity contribution >= 4 is 0 Å². The van der Waals surface area contributed by atoms with Gasteiger partial charge >= 0.3 is 0 Å². The molecular formula is C17H27FN2O. The molecule has 0 saturated carbocycles. The zero-order valence-electron chi connectivity index (χ0n) is 13.2. The van der Waals surface area contributed by atoms with Crippen LogP contribution in [0.25, 0.3) is 0 Å². The second kappa shape index (κ2) is 8.35. The van der Waals surface area contributed by atoms with Gasteiger partial charge in [-0.25, -0.2) is 4.39 Å². The average Bonchev–Trinajstić information content (AvgIpc) is 2.94. The van der Waals surface area contributed by atoms with Crippen molar-refractivity contribution in [1.82, 2.24) is 10.2 Å². The summed E-state index contributed by atoms with van der Waals surface area (Å²) in [4.78, 5) is 2.47. The van der Waals surface area contributed by atoms with Gasteiger partial charge < -0.3 is 15.0 Å². The van der Waals surface area contributed by atoms with Crippen molar-refractivity contribution in [3.63, 3.8) is 0 Å². The first-order valence-corrected chi connectivity index (χ1v) is 8.01. The van der Waals surface area contributed by atoms with Crippen molar-refractivity contribution in [1.29, 1.82) is 0 Å². The number of nitrogens with one attached hydrogen (secondary N) is 1. The lowest BCUT2D eigenvalue weighted by atomic mass is 10.2. The summed E-state index contributed by atoms with van der Waals surface area (Å²) < 4.78 is 19.3. The summed E-state index contributed by atoms with van der Waals surface area (Å²) >= 11 is 0. The number of hydrogen-bond acceptors (Lipinski definition) is 3. The van der Waals surface area contributed by atoms with Gasteiger partial charge in [-0.15, -0.1) is 0 Å². The maximum Gasteiger partial charge on any atom is 0.127 e. The second-order valence-corrected chi connectivity index (χ2v) is 6.08. The van der Waals surface area contributed by atoms with Crippen LogP contribution in [0.2, 0.25) is 0 Å². The third kappa shape index (κ3) is 6.02. The van der Waals surface area contributed by atoms with Gasteiger partial charge in [-0.05, 0) is 50.0 Å². The van der Waals surface area contributed by atoms with E-state index in [9.17, 15) is 4.39 Å². The van der Waals surface area contributed by atoms with Gasteiger partial charge in [0.15, 0.2) is 0 Å². The van der Waals surface area contributed by atoms with Crippen LogP contribution >= 0.6 is 0 Å². The minimum Gasteiger partial charge on any atom is -0.493 e. The molecule has 1 saturated heterocycles. The predicted octanol–water partition coefficient (Wildman–Crippen LogP) is 3.19. The molecule has 0 aliphatic carbocycles. The van der Waals surface area contributed by atoms with Gasteiger partial charge in [-0.1, -0.05) is 13.8 Å². The minimum absolute atomic E-state index is 0.229. The first-order chi connectivity index (χ1) is 10.1. The largest absolute Gasteiger partial charge is 0.493 e. The normalized spacial score (nSPS) is 15.8. The van der Waals surface area contributed by atoms with E-state index in [0.29, 0.717) is 24.9 Å². The maximum absolute atomic E-state index is 13.6. The Morgan fingerprint density at radius 2 is 2.00 bits per heavy atom. The lowest BCUT2D eigenvalue weighted by molar-refractivity contribution is 0.262. The average molecular weight is 294 g/mol. The molecule has 0 spiro atoms. The van der Waals surface area contributed by atoms with Gasteiger partial charge in [0.2, 0.25) is 0 Å². The van der Waals surface area contributed by atoms with Crippen molar-refractivity contribution in [3.8, 4) is 5.75 Å². The van der Waals surface area contributed by atoms with Crippen molar-refractivity contribution in [3.05, 3.63) is 29.6 Å². The number of benzene rings is 1. The number of hydrogen-bond donors (Lipinski definition) is 1. The summed E-state index contributed by atoms with van der Waals surface area (Å²) in [6.07, 6.45) is 3.63. The third-order valence-corrected chi connectivity index (χ3v) is 3.73. The minimum atomic E-state index is -0.229. The summed E-state index contributed by atoms with van der Waals surface area (Å²) in [5.74, 6) is 0.407. The summed E-state index contributed by atoms with van der Waals surface area (Å²) in [7, 11) is 0.